The van der Waals surface area contributed by atoms with E-state index in [9.17, 15) is 23.1 Å². The van der Waals surface area contributed by atoms with Crippen molar-refractivity contribution in [1.29, 1.82) is 0 Å². The minimum atomic E-state index is -0.923. The number of hydrogen-bond acceptors (Lipinski definition) is 4. The molecular weight excluding hydrogens is 421 g/mol. The molecule has 1 aliphatic heterocycles. The number of aliphatic hydroxyl groups is 1. The van der Waals surface area contributed by atoms with E-state index in [0.29, 0.717) is 42.0 Å². The Bertz CT molecular complexity index is 1150. The van der Waals surface area contributed by atoms with Gasteiger partial charge in [-0.2, -0.15) is 5.10 Å². The van der Waals surface area contributed by atoms with E-state index in [0.717, 1.165) is 18.6 Å². The molecule has 3 aromatic rings. The monoisotopic (exact) mass is 444 g/mol. The fourth-order valence-electron chi connectivity index (χ4n) is 4.02. The van der Waals surface area contributed by atoms with Crippen molar-refractivity contribution >= 4 is 11.6 Å². The summed E-state index contributed by atoms with van der Waals surface area (Å²) < 4.78 is 43.1. The summed E-state index contributed by atoms with van der Waals surface area (Å²) in [6.07, 6.45) is 3.09. The number of rotatable bonds is 5. The van der Waals surface area contributed by atoms with Crippen LogP contribution in [-0.4, -0.2) is 39.9 Å². The molecule has 168 valence electrons. The fraction of sp³-hybridized carbons (Fsp3) is 0.304. The molecule has 9 heteroatoms. The third-order valence-corrected chi connectivity index (χ3v) is 5.59. The van der Waals surface area contributed by atoms with E-state index in [-0.39, 0.29) is 18.2 Å². The van der Waals surface area contributed by atoms with Crippen molar-refractivity contribution in [1.82, 2.24) is 15.1 Å². The lowest BCUT2D eigenvalue weighted by atomic mass is 10.0. The minimum Gasteiger partial charge on any atom is -0.392 e. The number of nitrogens with zero attached hydrogens (tertiary/aromatic N) is 3. The summed E-state index contributed by atoms with van der Waals surface area (Å²) in [5, 5.41) is 16.5. The third-order valence-electron chi connectivity index (χ3n) is 5.59. The van der Waals surface area contributed by atoms with Crippen molar-refractivity contribution in [2.75, 3.05) is 18.0 Å². The zero-order chi connectivity index (χ0) is 22.8. The van der Waals surface area contributed by atoms with E-state index in [4.69, 9.17) is 0 Å². The Kier molecular flexibility index (Phi) is 6.18. The van der Waals surface area contributed by atoms with Crippen LogP contribution >= 0.6 is 0 Å². The first kappa shape index (κ1) is 21.9. The van der Waals surface area contributed by atoms with Crippen LogP contribution in [0.4, 0.5) is 18.9 Å². The van der Waals surface area contributed by atoms with Crippen LogP contribution in [-0.2, 0) is 13.7 Å². The number of anilines is 1. The summed E-state index contributed by atoms with van der Waals surface area (Å²) in [4.78, 5) is 14.6. The molecule has 1 amide bonds. The molecular formula is C23H23F3N4O2. The Morgan fingerprint density at radius 3 is 2.69 bits per heavy atom. The summed E-state index contributed by atoms with van der Waals surface area (Å²) in [6, 6.07) is 7.66. The van der Waals surface area contributed by atoms with Crippen molar-refractivity contribution in [3.8, 4) is 11.3 Å². The van der Waals surface area contributed by atoms with Crippen LogP contribution in [0.3, 0.4) is 0 Å². The van der Waals surface area contributed by atoms with Gasteiger partial charge in [0.2, 0.25) is 0 Å². The second-order valence-electron chi connectivity index (χ2n) is 7.89. The molecule has 1 aliphatic rings. The van der Waals surface area contributed by atoms with E-state index in [2.05, 4.69) is 10.4 Å². The maximum Gasteiger partial charge on any atom is 0.254 e. The van der Waals surface area contributed by atoms with Gasteiger partial charge >= 0.3 is 0 Å². The maximum atomic E-state index is 14.8. The number of piperidine rings is 1. The highest BCUT2D eigenvalue weighted by molar-refractivity contribution is 5.95. The summed E-state index contributed by atoms with van der Waals surface area (Å²) in [7, 11) is 1.70. The molecule has 0 bridgehead atoms. The van der Waals surface area contributed by atoms with Gasteiger partial charge in [0.25, 0.3) is 5.91 Å². The van der Waals surface area contributed by atoms with E-state index >= 15 is 0 Å². The van der Waals surface area contributed by atoms with Gasteiger partial charge in [-0.1, -0.05) is 6.07 Å². The van der Waals surface area contributed by atoms with Crippen LogP contribution in [0.2, 0.25) is 0 Å². The molecule has 2 heterocycles. The average molecular weight is 444 g/mol. The minimum absolute atomic E-state index is 0.0971. The highest BCUT2D eigenvalue weighted by atomic mass is 19.2. The molecule has 1 fully saturated rings. The van der Waals surface area contributed by atoms with Gasteiger partial charge in [-0.15, -0.1) is 0 Å². The van der Waals surface area contributed by atoms with Crippen LogP contribution in [0, 0.1) is 17.5 Å². The van der Waals surface area contributed by atoms with Gasteiger partial charge in [-0.3, -0.25) is 9.48 Å². The van der Waals surface area contributed by atoms with E-state index in [1.165, 1.54) is 22.9 Å². The Morgan fingerprint density at radius 2 is 1.97 bits per heavy atom. The van der Waals surface area contributed by atoms with Crippen molar-refractivity contribution in [2.24, 2.45) is 7.05 Å². The molecule has 4 rings (SSSR count). The molecule has 0 radical (unpaired) electrons. The zero-order valence-electron chi connectivity index (χ0n) is 17.5. The van der Waals surface area contributed by atoms with Crippen LogP contribution in [0.15, 0.2) is 42.6 Å². The van der Waals surface area contributed by atoms with Crippen LogP contribution in [0.5, 0.6) is 0 Å². The number of aromatic nitrogens is 2. The number of carbonyl (C=O) groups is 1. The summed E-state index contributed by atoms with van der Waals surface area (Å²) in [5.41, 5.74) is 1.92. The number of halogens is 3. The first-order chi connectivity index (χ1) is 15.4. The summed E-state index contributed by atoms with van der Waals surface area (Å²) >= 11 is 0. The van der Waals surface area contributed by atoms with Crippen molar-refractivity contribution in [2.45, 2.75) is 25.5 Å². The molecule has 2 aromatic carbocycles. The largest absolute Gasteiger partial charge is 0.392 e. The molecule has 32 heavy (non-hydrogen) atoms. The number of nitrogens with one attached hydrogen (secondary N) is 1. The lowest BCUT2D eigenvalue weighted by molar-refractivity contribution is 0.0929. The second kappa shape index (κ2) is 9.04. The number of benzene rings is 2. The van der Waals surface area contributed by atoms with E-state index in [1.807, 2.05) is 4.90 Å². The Morgan fingerprint density at radius 1 is 1.16 bits per heavy atom. The maximum absolute atomic E-state index is 14.8. The molecule has 1 saturated heterocycles. The zero-order valence-corrected chi connectivity index (χ0v) is 17.5. The number of aliphatic hydroxyl groups excluding tert-OH is 1. The predicted molar refractivity (Wildman–Crippen MR) is 114 cm³/mol. The van der Waals surface area contributed by atoms with E-state index in [1.54, 1.807) is 19.3 Å². The van der Waals surface area contributed by atoms with Gasteiger partial charge in [-0.05, 0) is 37.1 Å². The van der Waals surface area contributed by atoms with Gasteiger partial charge in [0.1, 0.15) is 5.82 Å². The first-order valence-corrected chi connectivity index (χ1v) is 10.3. The van der Waals surface area contributed by atoms with Crippen molar-refractivity contribution < 1.29 is 23.1 Å². The number of aryl methyl sites for hydroxylation is 1. The van der Waals surface area contributed by atoms with Crippen molar-refractivity contribution in [3.05, 3.63) is 71.2 Å². The van der Waals surface area contributed by atoms with E-state index < -0.39 is 23.4 Å². The number of hydrogen-bond donors (Lipinski definition) is 2. The number of carbonyl (C=O) groups excluding carboxylic acids is 1. The summed E-state index contributed by atoms with van der Waals surface area (Å²) in [5.74, 6) is -3.07. The smallest absolute Gasteiger partial charge is 0.254 e. The van der Waals surface area contributed by atoms with Crippen LogP contribution in [0.1, 0.15) is 28.8 Å². The fourth-order valence-corrected chi connectivity index (χ4v) is 4.02. The normalized spacial score (nSPS) is 16.3. The van der Waals surface area contributed by atoms with Crippen molar-refractivity contribution in [3.63, 3.8) is 0 Å². The lowest BCUT2D eigenvalue weighted by Crippen LogP contribution is -2.48. The molecule has 0 unspecified atom stereocenters. The Labute approximate surface area is 183 Å². The lowest BCUT2D eigenvalue weighted by Gasteiger charge is -2.34. The van der Waals surface area contributed by atoms with Crippen LogP contribution < -0.4 is 10.2 Å². The first-order valence-electron chi connectivity index (χ1n) is 10.3. The second-order valence-corrected chi connectivity index (χ2v) is 7.89. The number of amides is 1. The molecule has 2 N–H and O–H groups in total. The third kappa shape index (κ3) is 4.47. The van der Waals surface area contributed by atoms with Gasteiger partial charge in [-0.25, -0.2) is 13.2 Å². The van der Waals surface area contributed by atoms with Crippen LogP contribution in [0.25, 0.3) is 11.3 Å². The molecule has 1 aromatic heterocycles. The van der Waals surface area contributed by atoms with Gasteiger partial charge in [0.05, 0.1) is 17.9 Å². The summed E-state index contributed by atoms with van der Waals surface area (Å²) in [6.45, 7) is 0.825. The Hall–Kier alpha value is -3.33. The highest BCUT2D eigenvalue weighted by Gasteiger charge is 2.24. The predicted octanol–water partition coefficient (Wildman–Crippen LogP) is 3.40. The molecule has 0 saturated carbocycles. The molecule has 6 nitrogen and oxygen atoms in total. The topological polar surface area (TPSA) is 70.4 Å². The molecule has 0 spiro atoms. The van der Waals surface area contributed by atoms with Gasteiger partial charge in [0, 0.05) is 55.3 Å². The van der Waals surface area contributed by atoms with Gasteiger partial charge < -0.3 is 15.3 Å². The highest BCUT2D eigenvalue weighted by Crippen LogP contribution is 2.25. The molecule has 1 atom stereocenters. The average Bonchev–Trinajstić information content (AvgIpc) is 3.16. The van der Waals surface area contributed by atoms with Gasteiger partial charge in [0.15, 0.2) is 11.6 Å². The standard InChI is InChI=1S/C23H23F3N4O2/c1-29-11-15(13-31)22(28-29)14-4-6-18(20(25)9-14)23(32)27-16-3-2-8-30(12-16)17-5-7-19(24)21(26)10-17/h4-7,9-11,16,31H,2-3,8,12-13H2,1H3,(H,27,32)/t16-/m0/s1. The quantitative estimate of drug-likeness (QED) is 0.633. The SMILES string of the molecule is Cn1cc(CO)c(-c2ccc(C(=O)N[C@H]3CCCN(c4ccc(F)c(F)c4)C3)c(F)c2)n1. The Balaban J connectivity index is 1.47. The molecule has 0 aliphatic carbocycles.